The van der Waals surface area contributed by atoms with E-state index in [1.54, 1.807) is 10.9 Å². The Morgan fingerprint density at radius 3 is 2.82 bits per heavy atom. The third-order valence-electron chi connectivity index (χ3n) is 2.62. The van der Waals surface area contributed by atoms with Gasteiger partial charge in [-0.25, -0.2) is 4.79 Å². The van der Waals surface area contributed by atoms with Crippen molar-refractivity contribution in [3.05, 3.63) is 23.7 Å². The van der Waals surface area contributed by atoms with Crippen molar-refractivity contribution in [2.45, 2.75) is 39.5 Å². The van der Waals surface area contributed by atoms with E-state index in [4.69, 9.17) is 4.74 Å². The van der Waals surface area contributed by atoms with Crippen molar-refractivity contribution in [3.8, 4) is 0 Å². The SMILES string of the molecule is Cn1cc(CNCc2cn[nH]c2NC(=O)OC(C)(C)C)nn1. The summed E-state index contributed by atoms with van der Waals surface area (Å²) in [6.07, 6.45) is 2.96. The molecule has 0 aliphatic rings. The van der Waals surface area contributed by atoms with E-state index in [9.17, 15) is 4.79 Å². The van der Waals surface area contributed by atoms with Gasteiger partial charge >= 0.3 is 6.09 Å². The van der Waals surface area contributed by atoms with Crippen molar-refractivity contribution in [2.24, 2.45) is 7.05 Å². The topological polar surface area (TPSA) is 110 Å². The molecule has 2 aromatic rings. The monoisotopic (exact) mass is 307 g/mol. The smallest absolute Gasteiger partial charge is 0.413 e. The highest BCUT2D eigenvalue weighted by Crippen LogP contribution is 2.13. The Hall–Kier alpha value is -2.42. The van der Waals surface area contributed by atoms with E-state index >= 15 is 0 Å². The quantitative estimate of drug-likeness (QED) is 0.765. The number of aromatic amines is 1. The maximum Gasteiger partial charge on any atom is 0.413 e. The molecule has 0 aromatic carbocycles. The molecule has 3 N–H and O–H groups in total. The predicted molar refractivity (Wildman–Crippen MR) is 80.0 cm³/mol. The average Bonchev–Trinajstić information content (AvgIpc) is 2.97. The van der Waals surface area contributed by atoms with Crippen LogP contribution in [0.5, 0.6) is 0 Å². The molecule has 2 rings (SSSR count). The van der Waals surface area contributed by atoms with Gasteiger partial charge < -0.3 is 10.1 Å². The highest BCUT2D eigenvalue weighted by atomic mass is 16.6. The number of carbonyl (C=O) groups excluding carboxylic acids is 1. The molecule has 0 spiro atoms. The maximum absolute atomic E-state index is 11.8. The van der Waals surface area contributed by atoms with Crippen LogP contribution in [0.1, 0.15) is 32.0 Å². The molecule has 22 heavy (non-hydrogen) atoms. The fraction of sp³-hybridized carbons (Fsp3) is 0.538. The van der Waals surface area contributed by atoms with E-state index < -0.39 is 11.7 Å². The van der Waals surface area contributed by atoms with Crippen LogP contribution < -0.4 is 10.6 Å². The average molecular weight is 307 g/mol. The molecule has 0 aliphatic carbocycles. The van der Waals surface area contributed by atoms with Crippen LogP contribution in [0.3, 0.4) is 0 Å². The van der Waals surface area contributed by atoms with Gasteiger partial charge in [0.2, 0.25) is 0 Å². The first-order valence-electron chi connectivity index (χ1n) is 6.91. The minimum absolute atomic E-state index is 0.515. The molecule has 0 saturated heterocycles. The summed E-state index contributed by atoms with van der Waals surface area (Å²) >= 11 is 0. The first-order valence-corrected chi connectivity index (χ1v) is 6.91. The van der Waals surface area contributed by atoms with Gasteiger partial charge in [0.1, 0.15) is 11.4 Å². The van der Waals surface area contributed by atoms with E-state index in [1.807, 2.05) is 34.0 Å². The largest absolute Gasteiger partial charge is 0.444 e. The summed E-state index contributed by atoms with van der Waals surface area (Å²) in [6.45, 7) is 6.53. The van der Waals surface area contributed by atoms with Crippen LogP contribution in [0.2, 0.25) is 0 Å². The summed E-state index contributed by atoms with van der Waals surface area (Å²) in [5.41, 5.74) is 1.12. The maximum atomic E-state index is 11.8. The number of hydrogen-bond acceptors (Lipinski definition) is 6. The van der Waals surface area contributed by atoms with Crippen molar-refractivity contribution in [1.29, 1.82) is 0 Å². The van der Waals surface area contributed by atoms with Gasteiger partial charge in [0.15, 0.2) is 0 Å². The summed E-state index contributed by atoms with van der Waals surface area (Å²) in [5.74, 6) is 0.515. The molecule has 0 unspecified atom stereocenters. The van der Waals surface area contributed by atoms with E-state index in [0.717, 1.165) is 11.3 Å². The number of hydrogen-bond donors (Lipinski definition) is 3. The van der Waals surface area contributed by atoms with Gasteiger partial charge in [0, 0.05) is 31.9 Å². The zero-order chi connectivity index (χ0) is 16.2. The fourth-order valence-electron chi connectivity index (χ4n) is 1.76. The van der Waals surface area contributed by atoms with Gasteiger partial charge in [-0.15, -0.1) is 5.10 Å². The van der Waals surface area contributed by atoms with Crippen LogP contribution in [-0.2, 0) is 24.9 Å². The Balaban J connectivity index is 1.85. The second-order valence-electron chi connectivity index (χ2n) is 5.88. The molecule has 2 aromatic heterocycles. The van der Waals surface area contributed by atoms with E-state index in [2.05, 4.69) is 31.1 Å². The second-order valence-corrected chi connectivity index (χ2v) is 5.88. The number of aryl methyl sites for hydroxylation is 1. The van der Waals surface area contributed by atoms with Gasteiger partial charge in [-0.3, -0.25) is 15.1 Å². The van der Waals surface area contributed by atoms with E-state index in [-0.39, 0.29) is 0 Å². The molecule has 9 heteroatoms. The highest BCUT2D eigenvalue weighted by Gasteiger charge is 2.17. The van der Waals surface area contributed by atoms with Crippen LogP contribution >= 0.6 is 0 Å². The molecule has 0 atom stereocenters. The van der Waals surface area contributed by atoms with Crippen LogP contribution in [0.4, 0.5) is 10.6 Å². The third-order valence-corrected chi connectivity index (χ3v) is 2.62. The predicted octanol–water partition coefficient (Wildman–Crippen LogP) is 1.17. The van der Waals surface area contributed by atoms with Crippen molar-refractivity contribution in [2.75, 3.05) is 5.32 Å². The minimum atomic E-state index is -0.547. The van der Waals surface area contributed by atoms with Crippen molar-refractivity contribution in [3.63, 3.8) is 0 Å². The standard InChI is InChI=1S/C13H21N7O2/c1-13(2,3)22-12(21)16-11-9(6-15-18-11)5-14-7-10-8-20(4)19-17-10/h6,8,14H,5,7H2,1-4H3,(H2,15,16,18,21). The Morgan fingerprint density at radius 1 is 1.41 bits per heavy atom. The number of anilines is 1. The lowest BCUT2D eigenvalue weighted by Crippen LogP contribution is -2.27. The molecular weight excluding hydrogens is 286 g/mol. The van der Waals surface area contributed by atoms with Crippen LogP contribution in [-0.4, -0.2) is 36.9 Å². The number of nitrogens with zero attached hydrogens (tertiary/aromatic N) is 4. The van der Waals surface area contributed by atoms with Crippen molar-refractivity contribution in [1.82, 2.24) is 30.5 Å². The molecule has 9 nitrogen and oxygen atoms in total. The number of rotatable bonds is 5. The highest BCUT2D eigenvalue weighted by molar-refractivity contribution is 5.84. The molecule has 0 saturated carbocycles. The Kier molecular flexibility index (Phi) is 4.76. The zero-order valence-electron chi connectivity index (χ0n) is 13.2. The lowest BCUT2D eigenvalue weighted by Gasteiger charge is -2.19. The molecule has 0 radical (unpaired) electrons. The molecule has 120 valence electrons. The lowest BCUT2D eigenvalue weighted by molar-refractivity contribution is 0.0635. The number of H-pyrrole nitrogens is 1. The molecule has 0 bridgehead atoms. The third kappa shape index (κ3) is 4.85. The lowest BCUT2D eigenvalue weighted by atomic mass is 10.2. The van der Waals surface area contributed by atoms with Gasteiger partial charge in [0.05, 0.1) is 11.9 Å². The number of nitrogens with one attached hydrogen (secondary N) is 3. The van der Waals surface area contributed by atoms with E-state index in [0.29, 0.717) is 18.9 Å². The Labute approximate surface area is 128 Å². The Morgan fingerprint density at radius 2 is 2.18 bits per heavy atom. The Bertz CT molecular complexity index is 626. The number of ether oxygens (including phenoxy) is 1. The van der Waals surface area contributed by atoms with Gasteiger partial charge in [0.25, 0.3) is 0 Å². The summed E-state index contributed by atoms with van der Waals surface area (Å²) in [7, 11) is 1.81. The van der Waals surface area contributed by atoms with E-state index in [1.165, 1.54) is 0 Å². The summed E-state index contributed by atoms with van der Waals surface area (Å²) in [5, 5.41) is 20.4. The van der Waals surface area contributed by atoms with Crippen molar-refractivity contribution >= 4 is 11.9 Å². The molecule has 1 amide bonds. The molecular formula is C13H21N7O2. The first kappa shape index (κ1) is 16.0. The first-order chi connectivity index (χ1) is 10.3. The normalized spacial score (nSPS) is 11.5. The van der Waals surface area contributed by atoms with Crippen LogP contribution in [0, 0.1) is 0 Å². The number of aromatic nitrogens is 5. The molecule has 2 heterocycles. The summed E-state index contributed by atoms with van der Waals surface area (Å²) < 4.78 is 6.85. The number of carbonyl (C=O) groups is 1. The molecule has 0 aliphatic heterocycles. The summed E-state index contributed by atoms with van der Waals surface area (Å²) in [4.78, 5) is 11.8. The van der Waals surface area contributed by atoms with Gasteiger partial charge in [-0.2, -0.15) is 5.10 Å². The fourth-order valence-corrected chi connectivity index (χ4v) is 1.76. The van der Waals surface area contributed by atoms with Crippen molar-refractivity contribution < 1.29 is 9.53 Å². The molecule has 0 fully saturated rings. The summed E-state index contributed by atoms with van der Waals surface area (Å²) in [6, 6.07) is 0. The zero-order valence-corrected chi connectivity index (χ0v) is 13.2. The van der Waals surface area contributed by atoms with Gasteiger partial charge in [-0.05, 0) is 20.8 Å². The second kappa shape index (κ2) is 6.56. The number of amides is 1. The van der Waals surface area contributed by atoms with Crippen LogP contribution in [0.25, 0.3) is 0 Å². The van der Waals surface area contributed by atoms with Gasteiger partial charge in [-0.1, -0.05) is 5.21 Å². The minimum Gasteiger partial charge on any atom is -0.444 e. The van der Waals surface area contributed by atoms with Crippen LogP contribution in [0.15, 0.2) is 12.4 Å².